The number of nitro groups is 1. The molecule has 1 saturated heterocycles. The van der Waals surface area contributed by atoms with Crippen molar-refractivity contribution in [2.45, 2.75) is 32.2 Å². The molecule has 160 valence electrons. The minimum atomic E-state index is -0.602. The van der Waals surface area contributed by atoms with Gasteiger partial charge in [0.05, 0.1) is 28.9 Å². The number of fused-ring (bicyclic) bond motifs is 1. The summed E-state index contributed by atoms with van der Waals surface area (Å²) >= 11 is 5.92. The van der Waals surface area contributed by atoms with E-state index < -0.39 is 34.5 Å². The lowest BCUT2D eigenvalue weighted by Crippen LogP contribution is -2.49. The number of carbonyl (C=O) groups is 3. The highest BCUT2D eigenvalue weighted by Crippen LogP contribution is 2.39. The zero-order valence-corrected chi connectivity index (χ0v) is 17.3. The lowest BCUT2D eigenvalue weighted by atomic mass is 9.81. The van der Waals surface area contributed by atoms with Crippen molar-refractivity contribution in [1.82, 2.24) is 10.0 Å². The Kier molecular flexibility index (Phi) is 5.73. The van der Waals surface area contributed by atoms with E-state index in [4.69, 9.17) is 11.6 Å². The Balaban J connectivity index is 1.75. The maximum absolute atomic E-state index is 13.4. The van der Waals surface area contributed by atoms with Crippen molar-refractivity contribution in [1.29, 1.82) is 0 Å². The van der Waals surface area contributed by atoms with Gasteiger partial charge in [-0.05, 0) is 37.1 Å². The summed E-state index contributed by atoms with van der Waals surface area (Å²) in [7, 11) is 0. The Morgan fingerprint density at radius 3 is 2.19 bits per heavy atom. The van der Waals surface area contributed by atoms with Crippen LogP contribution >= 0.6 is 11.6 Å². The molecule has 1 saturated carbocycles. The summed E-state index contributed by atoms with van der Waals surface area (Å²) in [6, 6.07) is 12.0. The van der Waals surface area contributed by atoms with Crippen LogP contribution in [0.5, 0.6) is 0 Å². The second-order valence-electron chi connectivity index (χ2n) is 7.74. The number of imide groups is 1. The number of carbonyl (C=O) groups excluding carboxylic acids is 3. The molecule has 2 fully saturated rings. The predicted molar refractivity (Wildman–Crippen MR) is 112 cm³/mol. The van der Waals surface area contributed by atoms with Crippen LogP contribution in [0.2, 0.25) is 5.02 Å². The molecule has 0 aromatic heterocycles. The molecule has 2 aliphatic rings. The van der Waals surface area contributed by atoms with E-state index in [0.29, 0.717) is 17.9 Å². The molecule has 9 heteroatoms. The summed E-state index contributed by atoms with van der Waals surface area (Å²) in [6.45, 7) is -0.282. The normalized spacial score (nSPS) is 20.5. The van der Waals surface area contributed by atoms with E-state index in [0.717, 1.165) is 22.9 Å². The average molecular weight is 442 g/mol. The highest BCUT2D eigenvalue weighted by molar-refractivity contribution is 6.30. The maximum atomic E-state index is 13.4. The van der Waals surface area contributed by atoms with Crippen LogP contribution in [-0.4, -0.2) is 32.7 Å². The van der Waals surface area contributed by atoms with Crippen LogP contribution in [0, 0.1) is 22.0 Å². The number of rotatable bonds is 5. The second-order valence-corrected chi connectivity index (χ2v) is 8.18. The van der Waals surface area contributed by atoms with E-state index >= 15 is 0 Å². The summed E-state index contributed by atoms with van der Waals surface area (Å²) in [5.74, 6) is -2.35. The number of hydrogen-bond acceptors (Lipinski definition) is 5. The van der Waals surface area contributed by atoms with Crippen LogP contribution in [0.1, 0.15) is 41.6 Å². The molecular formula is C22H20ClN3O5. The van der Waals surface area contributed by atoms with Crippen molar-refractivity contribution in [3.05, 3.63) is 74.8 Å². The van der Waals surface area contributed by atoms with Crippen LogP contribution in [0.3, 0.4) is 0 Å². The van der Waals surface area contributed by atoms with Crippen molar-refractivity contribution in [3.63, 3.8) is 0 Å². The minimum Gasteiger partial charge on any atom is -0.272 e. The topological polar surface area (TPSA) is 101 Å². The molecule has 0 N–H and O–H groups in total. The van der Waals surface area contributed by atoms with Gasteiger partial charge in [0, 0.05) is 16.7 Å². The minimum absolute atomic E-state index is 0.187. The molecule has 8 nitrogen and oxygen atoms in total. The average Bonchev–Trinajstić information content (AvgIpc) is 3.03. The summed E-state index contributed by atoms with van der Waals surface area (Å²) in [6.07, 6.45) is 2.90. The number of nitrogens with zero attached hydrogens (tertiary/aromatic N) is 3. The number of para-hydroxylation sites is 1. The van der Waals surface area contributed by atoms with Gasteiger partial charge >= 0.3 is 0 Å². The van der Waals surface area contributed by atoms with Gasteiger partial charge in [-0.3, -0.25) is 24.5 Å². The molecule has 4 rings (SSSR count). The molecule has 2 atom stereocenters. The van der Waals surface area contributed by atoms with Crippen LogP contribution in [0.15, 0.2) is 48.5 Å². The SMILES string of the molecule is O=C(c1ccc(Cl)cc1)N(Cc1ccccc1[N+](=O)[O-])N1C(=O)[C@@H]2CCCC[C@H]2C1=O. The van der Waals surface area contributed by atoms with Gasteiger partial charge in [-0.15, -0.1) is 0 Å². The van der Waals surface area contributed by atoms with Gasteiger partial charge in [-0.2, -0.15) is 5.01 Å². The largest absolute Gasteiger partial charge is 0.274 e. The Hall–Kier alpha value is -3.26. The van der Waals surface area contributed by atoms with E-state index in [1.165, 1.54) is 42.5 Å². The lowest BCUT2D eigenvalue weighted by Gasteiger charge is -2.30. The first-order valence-corrected chi connectivity index (χ1v) is 10.4. The zero-order valence-electron chi connectivity index (χ0n) is 16.6. The summed E-state index contributed by atoms with van der Waals surface area (Å²) in [4.78, 5) is 50.6. The molecule has 0 spiro atoms. The summed E-state index contributed by atoms with van der Waals surface area (Å²) in [5.41, 5.74) is 0.261. The fraction of sp³-hybridized carbons (Fsp3) is 0.318. The Morgan fingerprint density at radius 2 is 1.61 bits per heavy atom. The number of benzene rings is 2. The number of hydrazine groups is 1. The number of nitro benzene ring substituents is 1. The molecule has 1 aliphatic heterocycles. The van der Waals surface area contributed by atoms with Gasteiger partial charge in [-0.25, -0.2) is 5.01 Å². The van der Waals surface area contributed by atoms with Crippen molar-refractivity contribution in [2.24, 2.45) is 11.8 Å². The summed E-state index contributed by atoms with van der Waals surface area (Å²) < 4.78 is 0. The van der Waals surface area contributed by atoms with Crippen LogP contribution in [-0.2, 0) is 16.1 Å². The standard InChI is InChI=1S/C22H20ClN3O5/c23-16-11-9-14(10-12-16)20(27)24(13-15-5-1-4-8-19(15)26(30)31)25-21(28)17-6-2-3-7-18(17)22(25)29/h1,4-5,8-12,17-18H,2-3,6-7,13H2/t17-,18-/m1/s1. The summed E-state index contributed by atoms with van der Waals surface area (Å²) in [5, 5.41) is 13.9. The number of hydrogen-bond donors (Lipinski definition) is 0. The van der Waals surface area contributed by atoms with Crippen molar-refractivity contribution >= 4 is 35.0 Å². The fourth-order valence-corrected chi connectivity index (χ4v) is 4.47. The first-order valence-electron chi connectivity index (χ1n) is 10.1. The lowest BCUT2D eigenvalue weighted by molar-refractivity contribution is -0.385. The van der Waals surface area contributed by atoms with Crippen LogP contribution in [0.4, 0.5) is 5.69 Å². The Labute approximate surface area is 183 Å². The molecule has 1 aliphatic carbocycles. The smallest absolute Gasteiger partial charge is 0.272 e. The molecule has 2 aromatic carbocycles. The van der Waals surface area contributed by atoms with Gasteiger partial charge in [0.15, 0.2) is 0 Å². The quantitative estimate of drug-likeness (QED) is 0.397. The second kappa shape index (κ2) is 8.47. The van der Waals surface area contributed by atoms with E-state index in [2.05, 4.69) is 0 Å². The van der Waals surface area contributed by atoms with Crippen LogP contribution < -0.4 is 0 Å². The first-order chi connectivity index (χ1) is 14.9. The van der Waals surface area contributed by atoms with Gasteiger partial charge < -0.3 is 0 Å². The fourth-order valence-electron chi connectivity index (χ4n) is 4.34. The molecule has 0 unspecified atom stereocenters. The van der Waals surface area contributed by atoms with Crippen molar-refractivity contribution in [2.75, 3.05) is 0 Å². The zero-order chi connectivity index (χ0) is 22.1. The van der Waals surface area contributed by atoms with E-state index in [1.54, 1.807) is 6.07 Å². The van der Waals surface area contributed by atoms with Gasteiger partial charge in [-0.1, -0.05) is 42.6 Å². The van der Waals surface area contributed by atoms with E-state index in [1.807, 2.05) is 0 Å². The maximum Gasteiger partial charge on any atom is 0.274 e. The molecule has 1 heterocycles. The third-order valence-electron chi connectivity index (χ3n) is 5.89. The van der Waals surface area contributed by atoms with E-state index in [9.17, 15) is 24.5 Å². The van der Waals surface area contributed by atoms with Gasteiger partial charge in [0.25, 0.3) is 23.4 Å². The molecule has 31 heavy (non-hydrogen) atoms. The Bertz CT molecular complexity index is 1030. The third kappa shape index (κ3) is 3.90. The van der Waals surface area contributed by atoms with Gasteiger partial charge in [0.2, 0.25) is 0 Å². The van der Waals surface area contributed by atoms with Crippen molar-refractivity contribution in [3.8, 4) is 0 Å². The highest BCUT2D eigenvalue weighted by atomic mass is 35.5. The van der Waals surface area contributed by atoms with Crippen LogP contribution in [0.25, 0.3) is 0 Å². The highest BCUT2D eigenvalue weighted by Gasteiger charge is 2.51. The molecule has 0 bridgehead atoms. The van der Waals surface area contributed by atoms with Crippen molar-refractivity contribution < 1.29 is 19.3 Å². The monoisotopic (exact) mass is 441 g/mol. The number of halogens is 1. The number of amides is 3. The molecule has 2 aromatic rings. The predicted octanol–water partition coefficient (Wildman–Crippen LogP) is 3.98. The first kappa shape index (κ1) is 21.0. The Morgan fingerprint density at radius 1 is 1.03 bits per heavy atom. The molecular weight excluding hydrogens is 422 g/mol. The van der Waals surface area contributed by atoms with E-state index in [-0.39, 0.29) is 23.4 Å². The molecule has 0 radical (unpaired) electrons. The third-order valence-corrected chi connectivity index (χ3v) is 6.15. The molecule has 3 amide bonds. The van der Waals surface area contributed by atoms with Gasteiger partial charge in [0.1, 0.15) is 0 Å².